The quantitative estimate of drug-likeness (QED) is 0.525. The Hall–Kier alpha value is -0.930. The first-order valence-corrected chi connectivity index (χ1v) is 3.42. The van der Waals surface area contributed by atoms with Crippen LogP contribution in [0, 0.1) is 0 Å². The lowest BCUT2D eigenvalue weighted by Gasteiger charge is -2.22. The van der Waals surface area contributed by atoms with Gasteiger partial charge in [-0.1, -0.05) is 12.2 Å². The number of carbonyl (C=O) groups is 1. The van der Waals surface area contributed by atoms with E-state index in [4.69, 9.17) is 5.73 Å². The van der Waals surface area contributed by atoms with Crippen molar-refractivity contribution in [2.24, 2.45) is 5.73 Å². The molecule has 1 atom stereocenters. The second kappa shape index (κ2) is 2.60. The van der Waals surface area contributed by atoms with Crippen LogP contribution in [0.3, 0.4) is 0 Å². The van der Waals surface area contributed by atoms with Gasteiger partial charge in [0.15, 0.2) is 5.78 Å². The van der Waals surface area contributed by atoms with Crippen molar-refractivity contribution >= 4 is 5.78 Å². The van der Waals surface area contributed by atoms with Crippen LogP contribution in [0.2, 0.25) is 0 Å². The highest BCUT2D eigenvalue weighted by molar-refractivity contribution is 5.94. The van der Waals surface area contributed by atoms with Crippen molar-refractivity contribution in [2.75, 3.05) is 0 Å². The van der Waals surface area contributed by atoms with Gasteiger partial charge in [0.05, 0.1) is 0 Å². The lowest BCUT2D eigenvalue weighted by Crippen LogP contribution is -2.39. The molecule has 0 heterocycles. The molecule has 0 amide bonds. The Kier molecular flexibility index (Phi) is 1.93. The largest absolute Gasteiger partial charge is 0.372 e. The smallest absolute Gasteiger partial charge is 0.155 e. The van der Waals surface area contributed by atoms with Crippen LogP contribution in [0.4, 0.5) is 0 Å². The topological polar surface area (TPSA) is 63.3 Å². The molecule has 0 saturated heterocycles. The normalized spacial score (nSPS) is 29.9. The van der Waals surface area contributed by atoms with Gasteiger partial charge in [0, 0.05) is 6.42 Å². The van der Waals surface area contributed by atoms with E-state index in [9.17, 15) is 9.90 Å². The van der Waals surface area contributed by atoms with E-state index in [0.717, 1.165) is 0 Å². The highest BCUT2D eigenvalue weighted by Crippen LogP contribution is 2.18. The van der Waals surface area contributed by atoms with Crippen molar-refractivity contribution in [3.8, 4) is 0 Å². The molecule has 0 radical (unpaired) electrons. The van der Waals surface area contributed by atoms with Crippen LogP contribution in [0.1, 0.15) is 13.3 Å². The Morgan fingerprint density at radius 3 is 2.82 bits per heavy atom. The summed E-state index contributed by atoms with van der Waals surface area (Å²) in [6.45, 7) is 1.46. The third-order valence-electron chi connectivity index (χ3n) is 1.61. The summed E-state index contributed by atoms with van der Waals surface area (Å²) in [5.41, 5.74) is 4.61. The maximum Gasteiger partial charge on any atom is 0.155 e. The Balaban J connectivity index is 2.81. The number of hydrogen-bond acceptors (Lipinski definition) is 3. The van der Waals surface area contributed by atoms with Crippen LogP contribution >= 0.6 is 0 Å². The number of Topliss-reactive ketones (excluding diaryl/α,β-unsaturated/α-hetero) is 1. The van der Waals surface area contributed by atoms with E-state index < -0.39 is 5.72 Å². The van der Waals surface area contributed by atoms with Gasteiger partial charge in [-0.15, -0.1) is 0 Å². The van der Waals surface area contributed by atoms with Gasteiger partial charge in [-0.05, 0) is 18.6 Å². The fourth-order valence-corrected chi connectivity index (χ4v) is 0.996. The molecule has 0 bridgehead atoms. The van der Waals surface area contributed by atoms with E-state index >= 15 is 0 Å². The monoisotopic (exact) mass is 153 g/mol. The summed E-state index contributed by atoms with van der Waals surface area (Å²) < 4.78 is 0. The maximum atomic E-state index is 10.8. The first-order valence-electron chi connectivity index (χ1n) is 3.42. The summed E-state index contributed by atoms with van der Waals surface area (Å²) >= 11 is 0. The van der Waals surface area contributed by atoms with Crippen molar-refractivity contribution < 1.29 is 9.90 Å². The summed E-state index contributed by atoms with van der Waals surface area (Å²) in [6, 6.07) is 0. The Bertz CT molecular complexity index is 238. The standard InChI is InChI=1S/C8H11NO2/c1-6(10)7-3-2-4-8(9,11)5-7/h2-4,11H,5,9H2,1H3. The number of hydrogen-bond donors (Lipinski definition) is 2. The van der Waals surface area contributed by atoms with E-state index in [-0.39, 0.29) is 12.2 Å². The summed E-state index contributed by atoms with van der Waals surface area (Å²) in [7, 11) is 0. The van der Waals surface area contributed by atoms with Gasteiger partial charge in [0.25, 0.3) is 0 Å². The van der Waals surface area contributed by atoms with Gasteiger partial charge in [0.2, 0.25) is 0 Å². The molecule has 1 unspecified atom stereocenters. The maximum absolute atomic E-state index is 10.8. The molecule has 0 saturated carbocycles. The molecule has 0 aromatic heterocycles. The first-order chi connectivity index (χ1) is 5.01. The molecule has 0 aliphatic heterocycles. The van der Waals surface area contributed by atoms with E-state index in [0.29, 0.717) is 5.57 Å². The number of aliphatic hydroxyl groups is 1. The lowest BCUT2D eigenvalue weighted by atomic mass is 9.96. The molecule has 3 heteroatoms. The molecular formula is C8H11NO2. The van der Waals surface area contributed by atoms with Crippen LogP contribution in [0.5, 0.6) is 0 Å². The fourth-order valence-electron chi connectivity index (χ4n) is 0.996. The molecule has 0 spiro atoms. The average Bonchev–Trinajstić information content (AvgIpc) is 1.85. The van der Waals surface area contributed by atoms with Crippen molar-refractivity contribution in [1.29, 1.82) is 0 Å². The van der Waals surface area contributed by atoms with Gasteiger partial charge in [0.1, 0.15) is 5.72 Å². The number of ketones is 1. The molecule has 1 aliphatic carbocycles. The van der Waals surface area contributed by atoms with Gasteiger partial charge in [-0.3, -0.25) is 4.79 Å². The third kappa shape index (κ3) is 2.00. The summed E-state index contributed by atoms with van der Waals surface area (Å²) in [6.07, 6.45) is 4.95. The highest BCUT2D eigenvalue weighted by atomic mass is 16.3. The number of carbonyl (C=O) groups excluding carboxylic acids is 1. The van der Waals surface area contributed by atoms with Crippen LogP contribution < -0.4 is 5.73 Å². The molecule has 0 aromatic rings. The Labute approximate surface area is 65.2 Å². The van der Waals surface area contributed by atoms with Gasteiger partial charge < -0.3 is 10.8 Å². The van der Waals surface area contributed by atoms with Crippen molar-refractivity contribution in [1.82, 2.24) is 0 Å². The summed E-state index contributed by atoms with van der Waals surface area (Å²) in [4.78, 5) is 10.8. The van der Waals surface area contributed by atoms with Crippen LogP contribution in [-0.2, 0) is 4.79 Å². The minimum atomic E-state index is -1.34. The van der Waals surface area contributed by atoms with Crippen LogP contribution in [-0.4, -0.2) is 16.6 Å². The zero-order valence-electron chi connectivity index (χ0n) is 6.37. The van der Waals surface area contributed by atoms with E-state index in [2.05, 4.69) is 0 Å². The second-order valence-corrected chi connectivity index (χ2v) is 2.78. The first kappa shape index (κ1) is 8.17. The molecular weight excluding hydrogens is 142 g/mol. The minimum absolute atomic E-state index is 0.0433. The van der Waals surface area contributed by atoms with Crippen molar-refractivity contribution in [2.45, 2.75) is 19.1 Å². The fraction of sp³-hybridized carbons (Fsp3) is 0.375. The van der Waals surface area contributed by atoms with E-state index in [1.165, 1.54) is 13.0 Å². The minimum Gasteiger partial charge on any atom is -0.372 e. The molecule has 0 fully saturated rings. The third-order valence-corrected chi connectivity index (χ3v) is 1.61. The molecule has 1 rings (SSSR count). The SMILES string of the molecule is CC(=O)C1=CC=CC(N)(O)C1. The van der Waals surface area contributed by atoms with Gasteiger partial charge in [-0.25, -0.2) is 0 Å². The van der Waals surface area contributed by atoms with Crippen molar-refractivity contribution in [3.05, 3.63) is 23.8 Å². The summed E-state index contributed by atoms with van der Waals surface area (Å²) in [5.74, 6) is -0.0433. The lowest BCUT2D eigenvalue weighted by molar-refractivity contribution is -0.114. The van der Waals surface area contributed by atoms with Crippen LogP contribution in [0.25, 0.3) is 0 Å². The van der Waals surface area contributed by atoms with Gasteiger partial charge >= 0.3 is 0 Å². The number of allylic oxidation sites excluding steroid dienone is 2. The molecule has 1 aliphatic rings. The second-order valence-electron chi connectivity index (χ2n) is 2.78. The Morgan fingerprint density at radius 1 is 1.82 bits per heavy atom. The molecule has 3 N–H and O–H groups in total. The predicted octanol–water partition coefficient (Wildman–Crippen LogP) is 0.109. The van der Waals surface area contributed by atoms with Crippen molar-refractivity contribution in [3.63, 3.8) is 0 Å². The summed E-state index contributed by atoms with van der Waals surface area (Å²) in [5, 5.41) is 9.29. The predicted molar refractivity (Wildman–Crippen MR) is 41.7 cm³/mol. The average molecular weight is 153 g/mol. The molecule has 11 heavy (non-hydrogen) atoms. The highest BCUT2D eigenvalue weighted by Gasteiger charge is 2.22. The van der Waals surface area contributed by atoms with E-state index in [1.807, 2.05) is 0 Å². The molecule has 60 valence electrons. The molecule has 0 aromatic carbocycles. The number of rotatable bonds is 1. The van der Waals surface area contributed by atoms with Crippen LogP contribution in [0.15, 0.2) is 23.8 Å². The zero-order valence-corrected chi connectivity index (χ0v) is 6.37. The Morgan fingerprint density at radius 2 is 2.45 bits per heavy atom. The van der Waals surface area contributed by atoms with Gasteiger partial charge in [-0.2, -0.15) is 0 Å². The van der Waals surface area contributed by atoms with E-state index in [1.54, 1.807) is 12.2 Å². The number of nitrogens with two attached hydrogens (primary N) is 1. The zero-order chi connectivity index (χ0) is 8.48. The molecule has 3 nitrogen and oxygen atoms in total.